The molecule has 0 radical (unpaired) electrons. The molecular weight excluding hydrogens is 368 g/mol. The molecule has 1 aromatic carbocycles. The van der Waals surface area contributed by atoms with Crippen molar-refractivity contribution in [1.29, 1.82) is 0 Å². The molecule has 0 unspecified atom stereocenters. The molecule has 0 fully saturated rings. The fourth-order valence-corrected chi connectivity index (χ4v) is 2.42. The van der Waals surface area contributed by atoms with E-state index in [1.165, 1.54) is 22.9 Å². The minimum atomic E-state index is -3.08. The van der Waals surface area contributed by atoms with Crippen molar-refractivity contribution in [3.8, 4) is 0 Å². The van der Waals surface area contributed by atoms with E-state index >= 15 is 0 Å². The summed E-state index contributed by atoms with van der Waals surface area (Å²) >= 11 is 3.31. The quantitative estimate of drug-likeness (QED) is 0.741. The van der Waals surface area contributed by atoms with E-state index in [-0.39, 0.29) is 16.9 Å². The molecule has 7 heteroatoms. The summed E-state index contributed by atoms with van der Waals surface area (Å²) in [6.07, 6.45) is 2.28. The van der Waals surface area contributed by atoms with Gasteiger partial charge in [0.05, 0.1) is 6.54 Å². The molecule has 2 rings (SSSR count). The van der Waals surface area contributed by atoms with Crippen LogP contribution >= 0.6 is 15.9 Å². The molecular formula is C16H18BrF2N3O. The first-order valence-corrected chi connectivity index (χ1v) is 8.37. The summed E-state index contributed by atoms with van der Waals surface area (Å²) in [5.74, 6) is -3.14. The van der Waals surface area contributed by atoms with Crippen molar-refractivity contribution >= 4 is 21.7 Å². The van der Waals surface area contributed by atoms with Crippen LogP contribution in [0.5, 0.6) is 0 Å². The number of aromatic nitrogens is 2. The number of hydrogen-bond acceptors (Lipinski definition) is 3. The lowest BCUT2D eigenvalue weighted by molar-refractivity contribution is 0.0105. The van der Waals surface area contributed by atoms with Gasteiger partial charge < -0.3 is 9.88 Å². The zero-order chi connectivity index (χ0) is 16.9. The van der Waals surface area contributed by atoms with Crippen LogP contribution in [0.2, 0.25) is 0 Å². The molecule has 1 aromatic heterocycles. The fourth-order valence-electron chi connectivity index (χ4n) is 2.17. The summed E-state index contributed by atoms with van der Waals surface area (Å²) in [5, 5.41) is 3.25. The van der Waals surface area contributed by atoms with Gasteiger partial charge in [-0.15, -0.1) is 0 Å². The van der Waals surface area contributed by atoms with Gasteiger partial charge >= 0.3 is 0 Å². The molecule has 23 heavy (non-hydrogen) atoms. The third-order valence-electron chi connectivity index (χ3n) is 3.44. The molecule has 0 aliphatic carbocycles. The van der Waals surface area contributed by atoms with E-state index in [0.717, 1.165) is 11.8 Å². The van der Waals surface area contributed by atoms with Crippen LogP contribution in [0.4, 0.5) is 14.6 Å². The van der Waals surface area contributed by atoms with Crippen molar-refractivity contribution < 1.29 is 8.78 Å². The zero-order valence-corrected chi connectivity index (χ0v) is 14.3. The van der Waals surface area contributed by atoms with Crippen LogP contribution in [0.25, 0.3) is 0 Å². The Morgan fingerprint density at radius 1 is 1.30 bits per heavy atom. The monoisotopic (exact) mass is 385 g/mol. The Bertz CT molecular complexity index is 704. The maximum Gasteiger partial charge on any atom is 0.293 e. The van der Waals surface area contributed by atoms with E-state index in [4.69, 9.17) is 0 Å². The number of aryl methyl sites for hydroxylation is 1. The average Bonchev–Trinajstić information content (AvgIpc) is 2.55. The maximum absolute atomic E-state index is 14.2. The van der Waals surface area contributed by atoms with Crippen molar-refractivity contribution in [2.24, 2.45) is 0 Å². The van der Waals surface area contributed by atoms with E-state index in [0.29, 0.717) is 12.2 Å². The summed E-state index contributed by atoms with van der Waals surface area (Å²) in [4.78, 5) is 16.3. The predicted octanol–water partition coefficient (Wildman–Crippen LogP) is 3.54. The number of anilines is 1. The number of nitrogens with zero attached hydrogens (tertiary/aromatic N) is 2. The molecule has 0 bridgehead atoms. The standard InChI is InChI=1S/C16H18BrF2N3O/c1-12-10-20-14(15(23)22(12)9-5-8-17)21-11-16(18,19)13-6-3-2-4-7-13/h2-4,6-7,10H,5,8-9,11H2,1H3,(H,20,21). The highest BCUT2D eigenvalue weighted by Gasteiger charge is 2.31. The number of rotatable bonds is 7. The van der Waals surface area contributed by atoms with E-state index < -0.39 is 12.5 Å². The van der Waals surface area contributed by atoms with E-state index in [9.17, 15) is 13.6 Å². The van der Waals surface area contributed by atoms with Gasteiger partial charge in [-0.1, -0.05) is 46.3 Å². The van der Waals surface area contributed by atoms with Gasteiger partial charge in [-0.25, -0.2) is 4.98 Å². The molecule has 0 spiro atoms. The molecule has 4 nitrogen and oxygen atoms in total. The van der Waals surface area contributed by atoms with Crippen LogP contribution in [0.15, 0.2) is 41.3 Å². The fraction of sp³-hybridized carbons (Fsp3) is 0.375. The predicted molar refractivity (Wildman–Crippen MR) is 90.5 cm³/mol. The van der Waals surface area contributed by atoms with Crippen LogP contribution in [-0.4, -0.2) is 21.4 Å². The molecule has 0 aliphatic rings. The average molecular weight is 386 g/mol. The topological polar surface area (TPSA) is 46.9 Å². The summed E-state index contributed by atoms with van der Waals surface area (Å²) in [6, 6.07) is 7.51. The first-order chi connectivity index (χ1) is 11.0. The Morgan fingerprint density at radius 2 is 2.00 bits per heavy atom. The Balaban J connectivity index is 2.16. The highest BCUT2D eigenvalue weighted by atomic mass is 79.9. The van der Waals surface area contributed by atoms with Crippen LogP contribution in [0.1, 0.15) is 17.7 Å². The number of alkyl halides is 3. The van der Waals surface area contributed by atoms with Crippen molar-refractivity contribution in [2.75, 3.05) is 17.2 Å². The van der Waals surface area contributed by atoms with E-state index in [1.807, 2.05) is 0 Å². The number of halogens is 3. The van der Waals surface area contributed by atoms with Gasteiger partial charge in [0.15, 0.2) is 5.82 Å². The van der Waals surface area contributed by atoms with Gasteiger partial charge in [-0.05, 0) is 13.3 Å². The van der Waals surface area contributed by atoms with Gasteiger partial charge in [0, 0.05) is 29.3 Å². The van der Waals surface area contributed by atoms with Gasteiger partial charge in [-0.3, -0.25) is 4.79 Å². The summed E-state index contributed by atoms with van der Waals surface area (Å²) in [7, 11) is 0. The minimum absolute atomic E-state index is 0.0548. The highest BCUT2D eigenvalue weighted by molar-refractivity contribution is 9.09. The summed E-state index contributed by atoms with van der Waals surface area (Å²) < 4.78 is 29.8. The van der Waals surface area contributed by atoms with E-state index in [2.05, 4.69) is 26.2 Å². The number of benzene rings is 1. The van der Waals surface area contributed by atoms with Crippen molar-refractivity contribution in [3.63, 3.8) is 0 Å². The Kier molecular flexibility index (Phi) is 5.87. The zero-order valence-electron chi connectivity index (χ0n) is 12.7. The molecule has 0 saturated heterocycles. The molecule has 2 aromatic rings. The first-order valence-electron chi connectivity index (χ1n) is 7.25. The van der Waals surface area contributed by atoms with Gasteiger partial charge in [0.25, 0.3) is 11.5 Å². The molecule has 0 atom stereocenters. The maximum atomic E-state index is 14.2. The highest BCUT2D eigenvalue weighted by Crippen LogP contribution is 2.27. The Morgan fingerprint density at radius 3 is 2.65 bits per heavy atom. The van der Waals surface area contributed by atoms with Crippen LogP contribution in [0, 0.1) is 6.92 Å². The second-order valence-electron chi connectivity index (χ2n) is 5.17. The van der Waals surface area contributed by atoms with Crippen molar-refractivity contribution in [1.82, 2.24) is 9.55 Å². The lowest BCUT2D eigenvalue weighted by Gasteiger charge is -2.18. The number of nitrogens with one attached hydrogen (secondary N) is 1. The molecule has 0 amide bonds. The number of hydrogen-bond donors (Lipinski definition) is 1. The summed E-state index contributed by atoms with van der Waals surface area (Å²) in [6.45, 7) is 1.61. The third kappa shape index (κ3) is 4.37. The second-order valence-corrected chi connectivity index (χ2v) is 5.96. The SMILES string of the molecule is Cc1cnc(NCC(F)(F)c2ccccc2)c(=O)n1CCCBr. The molecule has 0 saturated carbocycles. The Labute approximate surface area is 141 Å². The normalized spacial score (nSPS) is 11.5. The molecule has 0 aliphatic heterocycles. The third-order valence-corrected chi connectivity index (χ3v) is 4.00. The second kappa shape index (κ2) is 7.68. The van der Waals surface area contributed by atoms with Gasteiger partial charge in [-0.2, -0.15) is 8.78 Å². The minimum Gasteiger partial charge on any atom is -0.359 e. The Hall–Kier alpha value is -1.76. The lowest BCUT2D eigenvalue weighted by Crippen LogP contribution is -2.31. The largest absolute Gasteiger partial charge is 0.359 e. The molecule has 124 valence electrons. The van der Waals surface area contributed by atoms with Crippen LogP contribution in [0.3, 0.4) is 0 Å². The lowest BCUT2D eigenvalue weighted by atomic mass is 10.1. The van der Waals surface area contributed by atoms with Gasteiger partial charge in [0.2, 0.25) is 0 Å². The molecule has 1 heterocycles. The molecule has 1 N–H and O–H groups in total. The van der Waals surface area contributed by atoms with E-state index in [1.54, 1.807) is 25.1 Å². The van der Waals surface area contributed by atoms with Crippen molar-refractivity contribution in [3.05, 3.63) is 58.1 Å². The van der Waals surface area contributed by atoms with Crippen LogP contribution < -0.4 is 10.9 Å². The smallest absolute Gasteiger partial charge is 0.293 e. The summed E-state index contributed by atoms with van der Waals surface area (Å²) in [5.41, 5.74) is 0.227. The van der Waals surface area contributed by atoms with Gasteiger partial charge in [0.1, 0.15) is 0 Å². The first kappa shape index (κ1) is 17.6. The van der Waals surface area contributed by atoms with Crippen molar-refractivity contribution in [2.45, 2.75) is 25.8 Å². The van der Waals surface area contributed by atoms with Crippen LogP contribution in [-0.2, 0) is 12.5 Å².